The number of piperidine rings is 1. The summed E-state index contributed by atoms with van der Waals surface area (Å²) in [4.78, 5) is 2.37. The van der Waals surface area contributed by atoms with Gasteiger partial charge in [-0.25, -0.2) is 13.1 Å². The van der Waals surface area contributed by atoms with E-state index in [1.165, 1.54) is 6.07 Å². The van der Waals surface area contributed by atoms with Crippen molar-refractivity contribution in [2.75, 3.05) is 19.6 Å². The summed E-state index contributed by atoms with van der Waals surface area (Å²) in [6, 6.07) is 4.76. The predicted molar refractivity (Wildman–Crippen MR) is 84.8 cm³/mol. The average molecular weight is 332 g/mol. The smallest absolute Gasteiger partial charge is 0.242 e. The minimum Gasteiger partial charge on any atom is -0.326 e. The Balaban J connectivity index is 2.14. The lowest BCUT2D eigenvalue weighted by Gasteiger charge is -2.32. The fourth-order valence-electron chi connectivity index (χ4n) is 2.61. The van der Waals surface area contributed by atoms with Crippen molar-refractivity contribution in [1.82, 2.24) is 9.62 Å². The van der Waals surface area contributed by atoms with Gasteiger partial charge in [0.1, 0.15) is 4.90 Å². The average Bonchev–Trinajstić information content (AvgIpc) is 2.46. The normalized spacial score (nSPS) is 20.6. The van der Waals surface area contributed by atoms with E-state index in [4.69, 9.17) is 17.3 Å². The Labute approximate surface area is 131 Å². The lowest BCUT2D eigenvalue weighted by atomic mass is 10.1. The fraction of sp³-hybridized carbons (Fsp3) is 0.571. The molecule has 1 fully saturated rings. The number of halogens is 1. The monoisotopic (exact) mass is 331 g/mol. The first-order valence-electron chi connectivity index (χ1n) is 7.19. The zero-order chi connectivity index (χ0) is 15.5. The predicted octanol–water partition coefficient (Wildman–Crippen LogP) is 1.56. The lowest BCUT2D eigenvalue weighted by Crippen LogP contribution is -2.47. The van der Waals surface area contributed by atoms with Crippen molar-refractivity contribution >= 4 is 21.6 Å². The van der Waals surface area contributed by atoms with Crippen molar-refractivity contribution in [3.05, 3.63) is 28.8 Å². The van der Waals surface area contributed by atoms with Crippen molar-refractivity contribution in [3.63, 3.8) is 0 Å². The van der Waals surface area contributed by atoms with Crippen LogP contribution >= 0.6 is 11.6 Å². The van der Waals surface area contributed by atoms with Gasteiger partial charge in [0.15, 0.2) is 0 Å². The minimum absolute atomic E-state index is 0.0612. The summed E-state index contributed by atoms with van der Waals surface area (Å²) < 4.78 is 27.7. The Hall–Kier alpha value is -0.660. The van der Waals surface area contributed by atoms with Gasteiger partial charge >= 0.3 is 0 Å². The number of nitrogens with two attached hydrogens (primary N) is 1. The molecule has 1 unspecified atom stereocenters. The summed E-state index contributed by atoms with van der Waals surface area (Å²) >= 11 is 6.08. The molecule has 0 aliphatic carbocycles. The van der Waals surface area contributed by atoms with Gasteiger partial charge in [0, 0.05) is 19.1 Å². The first kappa shape index (κ1) is 16.7. The van der Waals surface area contributed by atoms with E-state index in [-0.39, 0.29) is 16.0 Å². The Bertz CT molecular complexity index is 592. The van der Waals surface area contributed by atoms with Crippen molar-refractivity contribution < 1.29 is 8.42 Å². The molecule has 1 aliphatic rings. The Morgan fingerprint density at radius 3 is 2.86 bits per heavy atom. The molecule has 0 spiro atoms. The number of nitrogens with one attached hydrogen (secondary N) is 1. The van der Waals surface area contributed by atoms with E-state index in [0.29, 0.717) is 6.54 Å². The van der Waals surface area contributed by atoms with Crippen molar-refractivity contribution in [1.29, 1.82) is 0 Å². The third-order valence-electron chi connectivity index (χ3n) is 3.80. The Morgan fingerprint density at radius 2 is 2.24 bits per heavy atom. The van der Waals surface area contributed by atoms with E-state index in [9.17, 15) is 8.42 Å². The molecule has 7 heteroatoms. The molecule has 1 aromatic carbocycles. The molecule has 1 saturated heterocycles. The van der Waals surface area contributed by atoms with Crippen LogP contribution in [0.25, 0.3) is 0 Å². The second-order valence-corrected chi connectivity index (χ2v) is 7.41. The van der Waals surface area contributed by atoms with Crippen LogP contribution < -0.4 is 10.5 Å². The summed E-state index contributed by atoms with van der Waals surface area (Å²) in [7, 11) is -3.60. The number of likely N-dealkylation sites (N-methyl/N-ethyl adjacent to an activating group) is 1. The van der Waals surface area contributed by atoms with Crippen LogP contribution in [0.1, 0.15) is 25.3 Å². The van der Waals surface area contributed by atoms with Crippen LogP contribution in [0.5, 0.6) is 0 Å². The SMILES string of the molecule is CCN1CCCC(NS(=O)(=O)c2ccc(CN)cc2Cl)C1. The van der Waals surface area contributed by atoms with Crippen LogP contribution in [-0.2, 0) is 16.6 Å². The van der Waals surface area contributed by atoms with Gasteiger partial charge in [-0.1, -0.05) is 24.6 Å². The number of hydrogen-bond donors (Lipinski definition) is 2. The van der Waals surface area contributed by atoms with Crippen LogP contribution in [0.2, 0.25) is 5.02 Å². The molecule has 0 amide bonds. The zero-order valence-electron chi connectivity index (χ0n) is 12.2. The number of rotatable bonds is 5. The van der Waals surface area contributed by atoms with Gasteiger partial charge in [-0.05, 0) is 43.6 Å². The summed E-state index contributed by atoms with van der Waals surface area (Å²) in [5, 5.41) is 0.216. The molecule has 3 N–H and O–H groups in total. The molecule has 0 bridgehead atoms. The number of likely N-dealkylation sites (tertiary alicyclic amines) is 1. The van der Waals surface area contributed by atoms with Gasteiger partial charge in [0.2, 0.25) is 10.0 Å². The third-order valence-corrected chi connectivity index (χ3v) is 5.80. The molecular formula is C14H22ClN3O2S. The molecule has 21 heavy (non-hydrogen) atoms. The number of benzene rings is 1. The quantitative estimate of drug-likeness (QED) is 0.858. The molecule has 0 saturated carbocycles. The maximum Gasteiger partial charge on any atom is 0.242 e. The summed E-state index contributed by atoms with van der Waals surface area (Å²) in [5.41, 5.74) is 6.34. The van der Waals surface area contributed by atoms with Crippen molar-refractivity contribution in [2.24, 2.45) is 5.73 Å². The third kappa shape index (κ3) is 4.17. The molecule has 0 radical (unpaired) electrons. The molecule has 1 heterocycles. The maximum atomic E-state index is 12.5. The molecule has 0 aromatic heterocycles. The minimum atomic E-state index is -3.60. The molecule has 5 nitrogen and oxygen atoms in total. The standard InChI is InChI=1S/C14H22ClN3O2S/c1-2-18-7-3-4-12(10-18)17-21(19,20)14-6-5-11(9-16)8-13(14)15/h5-6,8,12,17H,2-4,7,9-10,16H2,1H3. The largest absolute Gasteiger partial charge is 0.326 e. The first-order chi connectivity index (χ1) is 9.96. The molecule has 2 rings (SSSR count). The van der Waals surface area contributed by atoms with E-state index in [2.05, 4.69) is 16.5 Å². The van der Waals surface area contributed by atoms with Crippen LogP contribution in [0, 0.1) is 0 Å². The highest BCUT2D eigenvalue weighted by atomic mass is 35.5. The van der Waals surface area contributed by atoms with Gasteiger partial charge < -0.3 is 10.6 Å². The number of nitrogens with zero attached hydrogens (tertiary/aromatic N) is 1. The molecule has 1 atom stereocenters. The van der Waals surface area contributed by atoms with Crippen LogP contribution in [0.3, 0.4) is 0 Å². The highest BCUT2D eigenvalue weighted by Gasteiger charge is 2.26. The summed E-state index contributed by atoms with van der Waals surface area (Å²) in [5.74, 6) is 0. The van der Waals surface area contributed by atoms with Gasteiger partial charge in [0.25, 0.3) is 0 Å². The summed E-state index contributed by atoms with van der Waals surface area (Å²) in [6.45, 7) is 5.12. The van der Waals surface area contributed by atoms with Crippen LogP contribution in [-0.4, -0.2) is 39.0 Å². The Kier molecular flexibility index (Phi) is 5.62. The van der Waals surface area contributed by atoms with Gasteiger partial charge in [-0.3, -0.25) is 0 Å². The van der Waals surface area contributed by atoms with Crippen molar-refractivity contribution in [3.8, 4) is 0 Å². The number of sulfonamides is 1. The van der Waals surface area contributed by atoms with E-state index in [0.717, 1.165) is 38.0 Å². The maximum absolute atomic E-state index is 12.5. The second-order valence-electron chi connectivity index (χ2n) is 5.32. The first-order valence-corrected chi connectivity index (χ1v) is 9.05. The second kappa shape index (κ2) is 7.07. The van der Waals surface area contributed by atoms with E-state index >= 15 is 0 Å². The van der Waals surface area contributed by atoms with Crippen LogP contribution in [0.4, 0.5) is 0 Å². The van der Waals surface area contributed by atoms with E-state index < -0.39 is 10.0 Å². The topological polar surface area (TPSA) is 75.4 Å². The fourth-order valence-corrected chi connectivity index (χ4v) is 4.44. The summed E-state index contributed by atoms with van der Waals surface area (Å²) in [6.07, 6.45) is 1.86. The highest BCUT2D eigenvalue weighted by molar-refractivity contribution is 7.89. The van der Waals surface area contributed by atoms with Crippen molar-refractivity contribution in [2.45, 2.75) is 37.2 Å². The molecular weight excluding hydrogens is 310 g/mol. The van der Waals surface area contributed by atoms with E-state index in [1.54, 1.807) is 12.1 Å². The van der Waals surface area contributed by atoms with Gasteiger partial charge in [-0.2, -0.15) is 0 Å². The Morgan fingerprint density at radius 1 is 1.48 bits per heavy atom. The highest BCUT2D eigenvalue weighted by Crippen LogP contribution is 2.23. The van der Waals surface area contributed by atoms with Gasteiger partial charge in [-0.15, -0.1) is 0 Å². The lowest BCUT2D eigenvalue weighted by molar-refractivity contribution is 0.211. The zero-order valence-corrected chi connectivity index (χ0v) is 13.8. The molecule has 118 valence electrons. The molecule has 1 aliphatic heterocycles. The number of hydrogen-bond acceptors (Lipinski definition) is 4. The van der Waals surface area contributed by atoms with Gasteiger partial charge in [0.05, 0.1) is 5.02 Å². The molecule has 1 aromatic rings. The van der Waals surface area contributed by atoms with Crippen LogP contribution in [0.15, 0.2) is 23.1 Å². The van der Waals surface area contributed by atoms with E-state index in [1.807, 2.05) is 0 Å².